The number of nitrogens with zero attached hydrogens (tertiary/aromatic N) is 2. The van der Waals surface area contributed by atoms with Crippen LogP contribution in [0.15, 0.2) is 54.6 Å². The zero-order valence-corrected chi connectivity index (χ0v) is 11.0. The first-order valence-electron chi connectivity index (χ1n) is 6.59. The Labute approximate surface area is 118 Å². The van der Waals surface area contributed by atoms with E-state index in [-0.39, 0.29) is 5.91 Å². The number of fused-ring (bicyclic) bond motifs is 1. The highest BCUT2D eigenvalue weighted by atomic mass is 16.2. The van der Waals surface area contributed by atoms with Gasteiger partial charge in [-0.1, -0.05) is 54.6 Å². The lowest BCUT2D eigenvalue weighted by atomic mass is 9.90. The van der Waals surface area contributed by atoms with Gasteiger partial charge in [-0.3, -0.25) is 4.79 Å². The number of nitriles is 1. The molecule has 0 N–H and O–H groups in total. The first-order chi connectivity index (χ1) is 9.79. The topological polar surface area (TPSA) is 44.1 Å². The number of hydrogen-bond donors (Lipinski definition) is 0. The predicted molar refractivity (Wildman–Crippen MR) is 75.5 cm³/mol. The van der Waals surface area contributed by atoms with Gasteiger partial charge in [-0.25, -0.2) is 0 Å². The molecular formula is C17H14N2O. The van der Waals surface area contributed by atoms with Crippen molar-refractivity contribution in [3.8, 4) is 6.07 Å². The third-order valence-corrected chi connectivity index (χ3v) is 3.63. The van der Waals surface area contributed by atoms with E-state index in [0.29, 0.717) is 13.1 Å². The third-order valence-electron chi connectivity index (χ3n) is 3.63. The molecule has 1 aliphatic rings. The van der Waals surface area contributed by atoms with Crippen molar-refractivity contribution in [2.24, 2.45) is 0 Å². The van der Waals surface area contributed by atoms with E-state index in [0.717, 1.165) is 16.7 Å². The van der Waals surface area contributed by atoms with E-state index >= 15 is 0 Å². The van der Waals surface area contributed by atoms with Crippen LogP contribution in [0.1, 0.15) is 22.6 Å². The maximum absolute atomic E-state index is 12.4. The molecule has 0 saturated carbocycles. The fourth-order valence-electron chi connectivity index (χ4n) is 2.62. The molecule has 3 rings (SSSR count). The summed E-state index contributed by atoms with van der Waals surface area (Å²) in [7, 11) is 0. The zero-order chi connectivity index (χ0) is 13.9. The maximum Gasteiger partial charge on any atom is 0.245 e. The number of carbonyl (C=O) groups excluding carboxylic acids is 1. The molecule has 2 aromatic rings. The number of rotatable bonds is 2. The highest BCUT2D eigenvalue weighted by Gasteiger charge is 2.32. The number of benzene rings is 2. The van der Waals surface area contributed by atoms with Crippen LogP contribution in [0.4, 0.5) is 0 Å². The highest BCUT2D eigenvalue weighted by molar-refractivity contribution is 5.88. The van der Waals surface area contributed by atoms with E-state index in [1.165, 1.54) is 0 Å². The molecule has 98 valence electrons. The minimum atomic E-state index is -0.677. The summed E-state index contributed by atoms with van der Waals surface area (Å²) in [6, 6.07) is 19.7. The second kappa shape index (κ2) is 5.18. The summed E-state index contributed by atoms with van der Waals surface area (Å²) in [5, 5.41) is 9.29. The Hall–Kier alpha value is -2.60. The molecule has 0 fully saturated rings. The van der Waals surface area contributed by atoms with E-state index in [9.17, 15) is 10.1 Å². The molecule has 0 aliphatic carbocycles. The molecule has 0 saturated heterocycles. The summed E-state index contributed by atoms with van der Waals surface area (Å²) >= 11 is 0. The van der Waals surface area contributed by atoms with Gasteiger partial charge in [-0.15, -0.1) is 0 Å². The van der Waals surface area contributed by atoms with Crippen LogP contribution < -0.4 is 0 Å². The molecule has 0 spiro atoms. The molecule has 1 unspecified atom stereocenters. The van der Waals surface area contributed by atoms with Gasteiger partial charge < -0.3 is 4.90 Å². The smallest absolute Gasteiger partial charge is 0.245 e. The van der Waals surface area contributed by atoms with Gasteiger partial charge in [-0.05, 0) is 16.7 Å². The Morgan fingerprint density at radius 2 is 1.80 bits per heavy atom. The van der Waals surface area contributed by atoms with Crippen molar-refractivity contribution < 1.29 is 4.79 Å². The molecular weight excluding hydrogens is 248 g/mol. The van der Waals surface area contributed by atoms with Gasteiger partial charge in [0.2, 0.25) is 5.91 Å². The summed E-state index contributed by atoms with van der Waals surface area (Å²) in [6.45, 7) is 1.12. The van der Waals surface area contributed by atoms with Gasteiger partial charge in [0.05, 0.1) is 6.07 Å². The van der Waals surface area contributed by atoms with Gasteiger partial charge in [0, 0.05) is 13.1 Å². The van der Waals surface area contributed by atoms with E-state index in [1.54, 1.807) is 4.90 Å². The molecule has 0 radical (unpaired) electrons. The molecule has 1 heterocycles. The van der Waals surface area contributed by atoms with Crippen LogP contribution in [0.5, 0.6) is 0 Å². The number of hydrogen-bond acceptors (Lipinski definition) is 2. The number of carbonyl (C=O) groups is 1. The molecule has 0 aromatic heterocycles. The van der Waals surface area contributed by atoms with Crippen molar-refractivity contribution in [2.75, 3.05) is 0 Å². The van der Waals surface area contributed by atoms with Crippen LogP contribution in [-0.2, 0) is 17.9 Å². The van der Waals surface area contributed by atoms with Gasteiger partial charge in [-0.2, -0.15) is 5.26 Å². The van der Waals surface area contributed by atoms with E-state index < -0.39 is 5.92 Å². The van der Waals surface area contributed by atoms with Crippen LogP contribution in [0.2, 0.25) is 0 Å². The molecule has 1 amide bonds. The van der Waals surface area contributed by atoms with Gasteiger partial charge >= 0.3 is 0 Å². The molecule has 2 aromatic carbocycles. The number of amides is 1. The largest absolute Gasteiger partial charge is 0.333 e. The molecule has 3 heteroatoms. The lowest BCUT2D eigenvalue weighted by molar-refractivity contribution is -0.133. The van der Waals surface area contributed by atoms with Crippen molar-refractivity contribution in [3.63, 3.8) is 0 Å². The summed E-state index contributed by atoms with van der Waals surface area (Å²) in [5.74, 6) is -0.779. The molecule has 0 bridgehead atoms. The molecule has 1 aliphatic heterocycles. The fraction of sp³-hybridized carbons (Fsp3) is 0.176. The molecule has 20 heavy (non-hydrogen) atoms. The average molecular weight is 262 g/mol. The van der Waals surface area contributed by atoms with Crippen LogP contribution in [0.3, 0.4) is 0 Å². The van der Waals surface area contributed by atoms with Crippen LogP contribution in [-0.4, -0.2) is 10.8 Å². The highest BCUT2D eigenvalue weighted by Crippen LogP contribution is 2.29. The van der Waals surface area contributed by atoms with E-state index in [2.05, 4.69) is 6.07 Å². The first kappa shape index (κ1) is 12.4. The minimum Gasteiger partial charge on any atom is -0.333 e. The maximum atomic E-state index is 12.4. The van der Waals surface area contributed by atoms with Crippen LogP contribution >= 0.6 is 0 Å². The van der Waals surface area contributed by atoms with Crippen LogP contribution in [0, 0.1) is 11.3 Å². The standard InChI is InChI=1S/C17H14N2O/c18-10-16-15-9-5-4-8-14(15)12-19(17(16)20)11-13-6-2-1-3-7-13/h1-9,16H,11-12H2. The monoisotopic (exact) mass is 262 g/mol. The van der Waals surface area contributed by atoms with Crippen molar-refractivity contribution >= 4 is 5.91 Å². The molecule has 3 nitrogen and oxygen atoms in total. The van der Waals surface area contributed by atoms with Gasteiger partial charge in [0.15, 0.2) is 5.92 Å². The first-order valence-corrected chi connectivity index (χ1v) is 6.59. The van der Waals surface area contributed by atoms with Crippen molar-refractivity contribution in [3.05, 3.63) is 71.3 Å². The second-order valence-electron chi connectivity index (χ2n) is 4.94. The third kappa shape index (κ3) is 2.17. The van der Waals surface area contributed by atoms with E-state index in [4.69, 9.17) is 0 Å². The SMILES string of the molecule is N#CC1C(=O)N(Cc2ccccc2)Cc2ccccc21. The zero-order valence-electron chi connectivity index (χ0n) is 11.0. The lowest BCUT2D eigenvalue weighted by Gasteiger charge is -2.31. The summed E-state index contributed by atoms with van der Waals surface area (Å²) in [5.41, 5.74) is 3.00. The Kier molecular flexibility index (Phi) is 3.22. The van der Waals surface area contributed by atoms with Crippen molar-refractivity contribution in [2.45, 2.75) is 19.0 Å². The van der Waals surface area contributed by atoms with Crippen molar-refractivity contribution in [1.82, 2.24) is 4.90 Å². The van der Waals surface area contributed by atoms with E-state index in [1.807, 2.05) is 54.6 Å². The Bertz CT molecular complexity index is 673. The van der Waals surface area contributed by atoms with Crippen molar-refractivity contribution in [1.29, 1.82) is 5.26 Å². The van der Waals surface area contributed by atoms with Gasteiger partial charge in [0.25, 0.3) is 0 Å². The normalized spacial score (nSPS) is 17.4. The Balaban J connectivity index is 1.92. The Morgan fingerprint density at radius 3 is 2.55 bits per heavy atom. The predicted octanol–water partition coefficient (Wildman–Crippen LogP) is 2.84. The summed E-state index contributed by atoms with van der Waals surface area (Å²) in [6.07, 6.45) is 0. The summed E-state index contributed by atoms with van der Waals surface area (Å²) < 4.78 is 0. The summed E-state index contributed by atoms with van der Waals surface area (Å²) in [4.78, 5) is 14.2. The minimum absolute atomic E-state index is 0.102. The molecule has 1 atom stereocenters. The quantitative estimate of drug-likeness (QED) is 0.835. The fourth-order valence-corrected chi connectivity index (χ4v) is 2.62. The second-order valence-corrected chi connectivity index (χ2v) is 4.94. The lowest BCUT2D eigenvalue weighted by Crippen LogP contribution is -2.38. The van der Waals surface area contributed by atoms with Crippen LogP contribution in [0.25, 0.3) is 0 Å². The van der Waals surface area contributed by atoms with Gasteiger partial charge in [0.1, 0.15) is 0 Å². The Morgan fingerprint density at radius 1 is 1.10 bits per heavy atom. The average Bonchev–Trinajstić information content (AvgIpc) is 2.49.